The van der Waals surface area contributed by atoms with E-state index >= 15 is 0 Å². The van der Waals surface area contributed by atoms with E-state index in [1.54, 1.807) is 0 Å². The number of fused-ring (bicyclic) bond motifs is 1. The molecule has 0 amide bonds. The van der Waals surface area contributed by atoms with Crippen molar-refractivity contribution in [3.8, 4) is 0 Å². The van der Waals surface area contributed by atoms with E-state index < -0.39 is 0 Å². The molecule has 2 heterocycles. The van der Waals surface area contributed by atoms with Gasteiger partial charge >= 0.3 is 0 Å². The van der Waals surface area contributed by atoms with Crippen molar-refractivity contribution in [2.24, 2.45) is 7.05 Å². The monoisotopic (exact) mass is 266 g/mol. The van der Waals surface area contributed by atoms with Crippen LogP contribution in [-0.2, 0) is 19.0 Å². The average molecular weight is 267 g/mol. The van der Waals surface area contributed by atoms with E-state index in [9.17, 15) is 0 Å². The predicted octanol–water partition coefficient (Wildman–Crippen LogP) is 3.14. The van der Waals surface area contributed by atoms with Crippen molar-refractivity contribution in [1.82, 2.24) is 19.3 Å². The van der Waals surface area contributed by atoms with Crippen LogP contribution in [0.1, 0.15) is 50.5 Å². The highest BCUT2D eigenvalue weighted by atomic mass is 35.5. The number of hydrogen-bond acceptors (Lipinski definition) is 2. The first-order chi connectivity index (χ1) is 8.48. The molecule has 0 N–H and O–H groups in total. The molecule has 2 aromatic heterocycles. The Morgan fingerprint density at radius 2 is 2.11 bits per heavy atom. The third-order valence-corrected chi connectivity index (χ3v) is 4.13. The Bertz CT molecular complexity index is 604. The molecule has 1 aliphatic carbocycles. The molecule has 1 unspecified atom stereocenters. The molecule has 0 spiro atoms. The zero-order valence-corrected chi connectivity index (χ0v) is 12.1. The fourth-order valence-electron chi connectivity index (χ4n) is 2.64. The van der Waals surface area contributed by atoms with Crippen molar-refractivity contribution in [2.75, 3.05) is 0 Å². The van der Waals surface area contributed by atoms with Gasteiger partial charge in [-0.3, -0.25) is 4.68 Å². The van der Waals surface area contributed by atoms with E-state index in [1.165, 1.54) is 12.8 Å². The van der Waals surface area contributed by atoms with E-state index in [-0.39, 0.29) is 10.9 Å². The van der Waals surface area contributed by atoms with Gasteiger partial charge in [-0.2, -0.15) is 5.10 Å². The van der Waals surface area contributed by atoms with E-state index in [4.69, 9.17) is 16.6 Å². The second-order valence-corrected chi connectivity index (χ2v) is 6.17. The molecule has 4 nitrogen and oxygen atoms in total. The molecule has 1 aliphatic rings. The summed E-state index contributed by atoms with van der Waals surface area (Å²) >= 11 is 6.31. The van der Waals surface area contributed by atoms with Gasteiger partial charge in [-0.25, -0.2) is 4.98 Å². The van der Waals surface area contributed by atoms with Crippen LogP contribution in [-0.4, -0.2) is 19.3 Å². The van der Waals surface area contributed by atoms with Crippen molar-refractivity contribution in [3.05, 3.63) is 11.5 Å². The largest absolute Gasteiger partial charge is 0.306 e. The van der Waals surface area contributed by atoms with Gasteiger partial charge in [0.1, 0.15) is 11.3 Å². The van der Waals surface area contributed by atoms with Crippen molar-refractivity contribution in [1.29, 1.82) is 0 Å². The van der Waals surface area contributed by atoms with Crippen LogP contribution in [0.5, 0.6) is 0 Å². The summed E-state index contributed by atoms with van der Waals surface area (Å²) in [6.07, 6.45) is 3.30. The average Bonchev–Trinajstić information content (AvgIpc) is 2.82. The lowest BCUT2D eigenvalue weighted by Gasteiger charge is -2.17. The lowest BCUT2D eigenvalue weighted by atomic mass is 10.3. The van der Waals surface area contributed by atoms with E-state index in [1.807, 2.05) is 18.7 Å². The third-order valence-electron chi connectivity index (χ3n) is 3.93. The Labute approximate surface area is 112 Å². The van der Waals surface area contributed by atoms with Crippen molar-refractivity contribution in [2.45, 2.75) is 50.9 Å². The molecule has 0 bridgehead atoms. The normalized spacial score (nSPS) is 19.4. The van der Waals surface area contributed by atoms with Crippen LogP contribution in [0.3, 0.4) is 0 Å². The van der Waals surface area contributed by atoms with Gasteiger partial charge in [-0.05, 0) is 33.1 Å². The molecule has 1 atom stereocenters. The predicted molar refractivity (Wildman–Crippen MR) is 73.0 cm³/mol. The molecule has 5 heteroatoms. The Morgan fingerprint density at radius 3 is 2.61 bits per heavy atom. The summed E-state index contributed by atoms with van der Waals surface area (Å²) < 4.78 is 4.26. The number of imidazole rings is 1. The van der Waals surface area contributed by atoms with Crippen molar-refractivity contribution in [3.63, 3.8) is 0 Å². The Balaban J connectivity index is 2.35. The van der Waals surface area contributed by atoms with Gasteiger partial charge in [-0.1, -0.05) is 6.92 Å². The molecule has 0 aliphatic heterocycles. The molecule has 3 rings (SSSR count). The topological polar surface area (TPSA) is 35.6 Å². The molecule has 18 heavy (non-hydrogen) atoms. The van der Waals surface area contributed by atoms with Crippen LogP contribution in [0.15, 0.2) is 0 Å². The maximum absolute atomic E-state index is 6.31. The minimum absolute atomic E-state index is 0.0699. The minimum atomic E-state index is -0.0699. The standard InChI is InChI=1S/C13H19ClN4/c1-5-9-10-12(17(4)16-9)18(13(3)6-7-13)11(15-10)8(2)14/h8H,5-7H2,1-4H3. The Hall–Kier alpha value is -1.03. The first-order valence-electron chi connectivity index (χ1n) is 6.56. The van der Waals surface area contributed by atoms with Crippen molar-refractivity contribution < 1.29 is 0 Å². The quantitative estimate of drug-likeness (QED) is 0.800. The zero-order valence-electron chi connectivity index (χ0n) is 11.4. The molecule has 1 saturated carbocycles. The molecular weight excluding hydrogens is 248 g/mol. The van der Waals surface area contributed by atoms with Gasteiger partial charge in [0.25, 0.3) is 0 Å². The fourth-order valence-corrected chi connectivity index (χ4v) is 2.78. The number of aryl methyl sites for hydroxylation is 2. The smallest absolute Gasteiger partial charge is 0.159 e. The molecule has 2 aromatic rings. The SMILES string of the molecule is CCc1nn(C)c2c1nc(C(C)Cl)n2C1(C)CC1. The van der Waals surface area contributed by atoms with Gasteiger partial charge in [0.2, 0.25) is 0 Å². The number of alkyl halides is 1. The summed E-state index contributed by atoms with van der Waals surface area (Å²) in [7, 11) is 1.99. The molecule has 98 valence electrons. The van der Waals surface area contributed by atoms with Gasteiger partial charge in [0.05, 0.1) is 11.1 Å². The Morgan fingerprint density at radius 1 is 1.44 bits per heavy atom. The zero-order chi connectivity index (χ0) is 13.1. The summed E-state index contributed by atoms with van der Waals surface area (Å²) in [5.74, 6) is 0.981. The highest BCUT2D eigenvalue weighted by Crippen LogP contribution is 2.47. The number of halogens is 1. The third kappa shape index (κ3) is 1.51. The van der Waals surface area contributed by atoms with Crippen LogP contribution in [0.2, 0.25) is 0 Å². The second kappa shape index (κ2) is 3.73. The van der Waals surface area contributed by atoms with E-state index in [0.717, 1.165) is 29.1 Å². The van der Waals surface area contributed by atoms with Crippen molar-refractivity contribution >= 4 is 22.8 Å². The molecule has 0 aromatic carbocycles. The lowest BCUT2D eigenvalue weighted by Crippen LogP contribution is -2.18. The van der Waals surface area contributed by atoms with Crippen LogP contribution in [0.25, 0.3) is 11.2 Å². The van der Waals surface area contributed by atoms with Crippen LogP contribution >= 0.6 is 11.6 Å². The number of nitrogens with zero attached hydrogens (tertiary/aromatic N) is 4. The molecule has 1 fully saturated rings. The van der Waals surface area contributed by atoms with Gasteiger partial charge < -0.3 is 4.57 Å². The summed E-state index contributed by atoms with van der Waals surface area (Å²) in [5, 5.41) is 4.49. The number of hydrogen-bond donors (Lipinski definition) is 0. The first kappa shape index (κ1) is 12.0. The molecular formula is C13H19ClN4. The molecule has 0 saturated heterocycles. The summed E-state index contributed by atoms with van der Waals surface area (Å²) in [6, 6.07) is 0. The number of rotatable bonds is 3. The number of aromatic nitrogens is 4. The first-order valence-corrected chi connectivity index (χ1v) is 7.00. The summed E-state index contributed by atoms with van der Waals surface area (Å²) in [6.45, 7) is 6.38. The van der Waals surface area contributed by atoms with Gasteiger partial charge in [0, 0.05) is 12.6 Å². The van der Waals surface area contributed by atoms with Gasteiger partial charge in [-0.15, -0.1) is 11.6 Å². The van der Waals surface area contributed by atoms with Crippen LogP contribution in [0, 0.1) is 0 Å². The Kier molecular flexibility index (Phi) is 2.49. The van der Waals surface area contributed by atoms with Crippen LogP contribution in [0.4, 0.5) is 0 Å². The summed E-state index contributed by atoms with van der Waals surface area (Å²) in [4.78, 5) is 4.76. The summed E-state index contributed by atoms with van der Waals surface area (Å²) in [5.41, 5.74) is 3.39. The maximum atomic E-state index is 6.31. The minimum Gasteiger partial charge on any atom is -0.306 e. The van der Waals surface area contributed by atoms with E-state index in [2.05, 4.69) is 23.5 Å². The lowest BCUT2D eigenvalue weighted by molar-refractivity contribution is 0.508. The second-order valence-electron chi connectivity index (χ2n) is 5.51. The van der Waals surface area contributed by atoms with Crippen LogP contribution < -0.4 is 0 Å². The highest BCUT2D eigenvalue weighted by molar-refractivity contribution is 6.20. The highest BCUT2D eigenvalue weighted by Gasteiger charge is 2.43. The maximum Gasteiger partial charge on any atom is 0.159 e. The molecule has 0 radical (unpaired) electrons. The van der Waals surface area contributed by atoms with Gasteiger partial charge in [0.15, 0.2) is 5.65 Å². The fraction of sp³-hybridized carbons (Fsp3) is 0.692. The van der Waals surface area contributed by atoms with E-state index in [0.29, 0.717) is 0 Å².